The number of carbonyl (C=O) groups is 4. The Labute approximate surface area is 214 Å². The van der Waals surface area contributed by atoms with E-state index >= 15 is 0 Å². The maximum atomic E-state index is 13.1. The lowest BCUT2D eigenvalue weighted by Crippen LogP contribution is -2.57. The number of nitrogens with one attached hydrogen (secondary N) is 4. The summed E-state index contributed by atoms with van der Waals surface area (Å²) in [6.07, 6.45) is 7.95. The molecule has 1 heterocycles. The summed E-state index contributed by atoms with van der Waals surface area (Å²) in [7, 11) is 0. The summed E-state index contributed by atoms with van der Waals surface area (Å²) in [5, 5.41) is 17.4. The van der Waals surface area contributed by atoms with Crippen LogP contribution >= 0.6 is 23.5 Å². The molecule has 11 nitrogen and oxygen atoms in total. The van der Waals surface area contributed by atoms with E-state index in [1.807, 2.05) is 26.4 Å². The topological polar surface area (TPSA) is 179 Å². The van der Waals surface area contributed by atoms with Crippen molar-refractivity contribution < 1.29 is 24.3 Å². The average Bonchev–Trinajstić information content (AvgIpc) is 3.30. The van der Waals surface area contributed by atoms with Gasteiger partial charge in [-0.3, -0.25) is 14.4 Å². The minimum absolute atomic E-state index is 0.0799. The number of nitrogens with zero attached hydrogens (tertiary/aromatic N) is 1. The zero-order valence-electron chi connectivity index (χ0n) is 20.7. The van der Waals surface area contributed by atoms with Crippen molar-refractivity contribution in [3.8, 4) is 0 Å². The predicted molar refractivity (Wildman–Crippen MR) is 139 cm³/mol. The molecular weight excluding hydrogens is 492 g/mol. The molecule has 1 rings (SSSR count). The number of nitrogens with two attached hydrogens (primary N) is 1. The molecule has 3 amide bonds. The fourth-order valence-electron chi connectivity index (χ4n) is 3.25. The standard InChI is InChI=1S/C22H38N6O5S2/c1-13(2)9-18(28-19(29)15(23)10-14-11-24-12-25-14)21(31)26-16(5-7-34-3)20(30)27-17(22(32)33)6-8-35-4/h11-13,15-18H,5-10,23H2,1-4H3,(H,24,25)(H,26,31)(H,27,30)(H,28,29)(H,32,33). The molecule has 1 aromatic heterocycles. The fraction of sp³-hybridized carbons (Fsp3) is 0.682. The number of carboxylic acids is 1. The fourth-order valence-corrected chi connectivity index (χ4v) is 4.19. The molecule has 7 N–H and O–H groups in total. The lowest BCUT2D eigenvalue weighted by Gasteiger charge is -2.26. The van der Waals surface area contributed by atoms with E-state index in [0.29, 0.717) is 30.0 Å². The molecule has 0 spiro atoms. The van der Waals surface area contributed by atoms with E-state index in [-0.39, 0.29) is 18.8 Å². The van der Waals surface area contributed by atoms with Gasteiger partial charge in [0, 0.05) is 18.3 Å². The molecule has 0 saturated heterocycles. The second-order valence-electron chi connectivity index (χ2n) is 8.60. The Hall–Kier alpha value is -2.25. The van der Waals surface area contributed by atoms with E-state index in [1.165, 1.54) is 29.9 Å². The van der Waals surface area contributed by atoms with E-state index in [1.54, 1.807) is 6.20 Å². The molecule has 0 aliphatic heterocycles. The first-order chi connectivity index (χ1) is 16.6. The van der Waals surface area contributed by atoms with Crippen LogP contribution in [-0.4, -0.2) is 86.9 Å². The van der Waals surface area contributed by atoms with Gasteiger partial charge >= 0.3 is 5.97 Å². The van der Waals surface area contributed by atoms with Gasteiger partial charge in [-0.1, -0.05) is 13.8 Å². The smallest absolute Gasteiger partial charge is 0.326 e. The van der Waals surface area contributed by atoms with Crippen LogP contribution in [0.1, 0.15) is 38.8 Å². The Balaban J connectivity index is 2.90. The van der Waals surface area contributed by atoms with Crippen LogP contribution in [0.25, 0.3) is 0 Å². The summed E-state index contributed by atoms with van der Waals surface area (Å²) < 4.78 is 0. The van der Waals surface area contributed by atoms with Crippen molar-refractivity contribution >= 4 is 47.2 Å². The van der Waals surface area contributed by atoms with Gasteiger partial charge in [-0.2, -0.15) is 23.5 Å². The van der Waals surface area contributed by atoms with Crippen LogP contribution in [0.5, 0.6) is 0 Å². The zero-order valence-corrected chi connectivity index (χ0v) is 22.3. The molecule has 0 aromatic carbocycles. The van der Waals surface area contributed by atoms with Gasteiger partial charge in [0.1, 0.15) is 18.1 Å². The number of imidazole rings is 1. The summed E-state index contributed by atoms with van der Waals surface area (Å²) in [5.74, 6) is -1.47. The molecule has 0 radical (unpaired) electrons. The normalized spacial score (nSPS) is 14.6. The number of carbonyl (C=O) groups excluding carboxylic acids is 3. The number of hydrogen-bond donors (Lipinski definition) is 6. The first-order valence-corrected chi connectivity index (χ1v) is 14.2. The number of aromatic nitrogens is 2. The Morgan fingerprint density at radius 2 is 1.51 bits per heavy atom. The van der Waals surface area contributed by atoms with E-state index < -0.39 is 47.9 Å². The summed E-state index contributed by atoms with van der Waals surface area (Å²) in [6.45, 7) is 3.83. The van der Waals surface area contributed by atoms with Gasteiger partial charge < -0.3 is 31.8 Å². The molecule has 0 aliphatic carbocycles. The number of carboxylic acid groups (broad SMARTS) is 1. The van der Waals surface area contributed by atoms with Crippen LogP contribution in [0.4, 0.5) is 0 Å². The van der Waals surface area contributed by atoms with Crippen molar-refractivity contribution in [2.75, 3.05) is 24.0 Å². The van der Waals surface area contributed by atoms with Crippen molar-refractivity contribution in [3.05, 3.63) is 18.2 Å². The summed E-state index contributed by atoms with van der Waals surface area (Å²) >= 11 is 2.99. The van der Waals surface area contributed by atoms with E-state index in [9.17, 15) is 24.3 Å². The number of rotatable bonds is 17. The highest BCUT2D eigenvalue weighted by atomic mass is 32.2. The SMILES string of the molecule is CSCCC(NC(=O)C(CCSC)NC(=O)C(CC(C)C)NC(=O)C(N)Cc1cnc[nH]1)C(=O)O. The van der Waals surface area contributed by atoms with Crippen molar-refractivity contribution in [2.45, 2.75) is 63.7 Å². The van der Waals surface area contributed by atoms with Gasteiger partial charge in [0.25, 0.3) is 0 Å². The minimum Gasteiger partial charge on any atom is -0.480 e. The number of aliphatic carboxylic acids is 1. The van der Waals surface area contributed by atoms with Gasteiger partial charge in [0.05, 0.1) is 12.4 Å². The van der Waals surface area contributed by atoms with Gasteiger partial charge in [0.15, 0.2) is 0 Å². The highest BCUT2D eigenvalue weighted by Gasteiger charge is 2.30. The molecule has 0 aliphatic rings. The highest BCUT2D eigenvalue weighted by molar-refractivity contribution is 7.98. The maximum Gasteiger partial charge on any atom is 0.326 e. The van der Waals surface area contributed by atoms with Crippen LogP contribution in [0, 0.1) is 5.92 Å². The second kappa shape index (κ2) is 16.4. The van der Waals surface area contributed by atoms with Gasteiger partial charge in [-0.05, 0) is 49.2 Å². The monoisotopic (exact) mass is 530 g/mol. The first-order valence-electron chi connectivity index (χ1n) is 11.4. The average molecular weight is 531 g/mol. The van der Waals surface area contributed by atoms with Gasteiger partial charge in [-0.25, -0.2) is 9.78 Å². The molecule has 0 saturated carbocycles. The van der Waals surface area contributed by atoms with Crippen molar-refractivity contribution in [2.24, 2.45) is 11.7 Å². The molecule has 13 heteroatoms. The molecule has 4 unspecified atom stereocenters. The van der Waals surface area contributed by atoms with Gasteiger partial charge in [-0.15, -0.1) is 0 Å². The molecule has 1 aromatic rings. The second-order valence-corrected chi connectivity index (χ2v) is 10.6. The lowest BCUT2D eigenvalue weighted by molar-refractivity contribution is -0.142. The Bertz CT molecular complexity index is 808. The van der Waals surface area contributed by atoms with Crippen LogP contribution in [0.3, 0.4) is 0 Å². The predicted octanol–water partition coefficient (Wildman–Crippen LogP) is 0.371. The zero-order chi connectivity index (χ0) is 26.4. The maximum absolute atomic E-state index is 13.1. The largest absolute Gasteiger partial charge is 0.480 e. The number of aromatic amines is 1. The molecule has 35 heavy (non-hydrogen) atoms. The van der Waals surface area contributed by atoms with Crippen molar-refractivity contribution in [1.82, 2.24) is 25.9 Å². The van der Waals surface area contributed by atoms with Gasteiger partial charge in [0.2, 0.25) is 17.7 Å². The van der Waals surface area contributed by atoms with E-state index in [0.717, 1.165) is 0 Å². The number of H-pyrrole nitrogens is 1. The Morgan fingerprint density at radius 3 is 2.03 bits per heavy atom. The van der Waals surface area contributed by atoms with Crippen LogP contribution in [0.15, 0.2) is 12.5 Å². The summed E-state index contributed by atoms with van der Waals surface area (Å²) in [5.41, 5.74) is 6.71. The Kier molecular flexibility index (Phi) is 14.4. The molecule has 4 atom stereocenters. The Morgan fingerprint density at radius 1 is 0.971 bits per heavy atom. The third-order valence-corrected chi connectivity index (χ3v) is 6.43. The minimum atomic E-state index is -1.13. The summed E-state index contributed by atoms with van der Waals surface area (Å²) in [4.78, 5) is 57.0. The van der Waals surface area contributed by atoms with Crippen molar-refractivity contribution in [1.29, 1.82) is 0 Å². The third-order valence-electron chi connectivity index (χ3n) is 5.14. The molecule has 0 fully saturated rings. The number of hydrogen-bond acceptors (Lipinski definition) is 8. The summed E-state index contributed by atoms with van der Waals surface area (Å²) in [6, 6.07) is -3.76. The van der Waals surface area contributed by atoms with E-state index in [2.05, 4.69) is 25.9 Å². The number of thioether (sulfide) groups is 2. The molecule has 0 bridgehead atoms. The van der Waals surface area contributed by atoms with Crippen LogP contribution in [-0.2, 0) is 25.6 Å². The van der Waals surface area contributed by atoms with Crippen molar-refractivity contribution in [3.63, 3.8) is 0 Å². The van der Waals surface area contributed by atoms with E-state index in [4.69, 9.17) is 5.73 Å². The first kappa shape index (κ1) is 30.8. The highest BCUT2D eigenvalue weighted by Crippen LogP contribution is 2.09. The van der Waals surface area contributed by atoms with Crippen LogP contribution < -0.4 is 21.7 Å². The quantitative estimate of drug-likeness (QED) is 0.166. The van der Waals surface area contributed by atoms with Crippen LogP contribution in [0.2, 0.25) is 0 Å². The molecular formula is C22H38N6O5S2. The number of amides is 3. The molecule has 198 valence electrons. The third kappa shape index (κ3) is 11.8. The lowest BCUT2D eigenvalue weighted by atomic mass is 10.0.